The molecule has 0 saturated heterocycles. The molecule has 0 aliphatic carbocycles. The molecule has 0 N–H and O–H groups in total. The Morgan fingerprint density at radius 2 is 1.05 bits per heavy atom. The lowest BCUT2D eigenvalue weighted by Gasteiger charge is -2.03. The molecule has 0 aliphatic rings. The summed E-state index contributed by atoms with van der Waals surface area (Å²) in [6.45, 7) is 6.05. The van der Waals surface area contributed by atoms with Crippen LogP contribution >= 0.6 is 0 Å². The highest BCUT2D eigenvalue weighted by Gasteiger charge is 1.94. The maximum absolute atomic E-state index is 5.49. The van der Waals surface area contributed by atoms with Crippen molar-refractivity contribution in [2.75, 3.05) is 13.2 Å². The molecule has 0 radical (unpaired) electrons. The molecule has 0 aliphatic heterocycles. The predicted molar refractivity (Wildman–Crippen MR) is 95.9 cm³/mol. The average Bonchev–Trinajstić information content (AvgIpc) is 2.50. The van der Waals surface area contributed by atoms with Gasteiger partial charge in [-0.1, -0.05) is 103 Å². The van der Waals surface area contributed by atoms with Crippen LogP contribution in [0.15, 0.2) is 12.2 Å². The van der Waals surface area contributed by atoms with E-state index < -0.39 is 0 Å². The first-order valence-electron chi connectivity index (χ1n) is 9.60. The molecule has 126 valence electrons. The second-order valence-electron chi connectivity index (χ2n) is 6.24. The standard InChI is InChI=1S/C20H40O/c1-3-5-7-8-9-10-11-12-13-14-15-16-17-18-20-21-19-6-4-2/h4,6H,3,5,7-20H2,1-2H3/b6-4+. The zero-order valence-corrected chi connectivity index (χ0v) is 14.9. The van der Waals surface area contributed by atoms with Crippen LogP contribution in [0.25, 0.3) is 0 Å². The van der Waals surface area contributed by atoms with Gasteiger partial charge in [-0.3, -0.25) is 0 Å². The van der Waals surface area contributed by atoms with Crippen molar-refractivity contribution < 1.29 is 4.74 Å². The summed E-state index contributed by atoms with van der Waals surface area (Å²) in [5.41, 5.74) is 0. The van der Waals surface area contributed by atoms with Crippen molar-refractivity contribution in [1.29, 1.82) is 0 Å². The third-order valence-electron chi connectivity index (χ3n) is 4.09. The summed E-state index contributed by atoms with van der Waals surface area (Å²) in [4.78, 5) is 0. The van der Waals surface area contributed by atoms with Crippen LogP contribution in [0, 0.1) is 0 Å². The van der Waals surface area contributed by atoms with E-state index in [4.69, 9.17) is 4.74 Å². The van der Waals surface area contributed by atoms with Crippen molar-refractivity contribution >= 4 is 0 Å². The highest BCUT2D eigenvalue weighted by atomic mass is 16.5. The molecule has 0 aromatic heterocycles. The summed E-state index contributed by atoms with van der Waals surface area (Å²) in [5, 5.41) is 0. The molecular weight excluding hydrogens is 256 g/mol. The maximum Gasteiger partial charge on any atom is 0.0647 e. The van der Waals surface area contributed by atoms with Crippen LogP contribution in [0.2, 0.25) is 0 Å². The largest absolute Gasteiger partial charge is 0.377 e. The number of allylic oxidation sites excluding steroid dienone is 1. The molecule has 0 saturated carbocycles. The second kappa shape index (κ2) is 19.7. The lowest BCUT2D eigenvalue weighted by atomic mass is 10.0. The molecule has 0 rings (SSSR count). The van der Waals surface area contributed by atoms with E-state index in [0.717, 1.165) is 13.2 Å². The molecule has 0 spiro atoms. The van der Waals surface area contributed by atoms with Gasteiger partial charge in [-0.2, -0.15) is 0 Å². The topological polar surface area (TPSA) is 9.23 Å². The Labute approximate surface area is 134 Å². The molecule has 0 fully saturated rings. The van der Waals surface area contributed by atoms with E-state index in [-0.39, 0.29) is 0 Å². The van der Waals surface area contributed by atoms with Crippen molar-refractivity contribution in [2.45, 2.75) is 104 Å². The van der Waals surface area contributed by atoms with Gasteiger partial charge in [0.05, 0.1) is 6.61 Å². The Hall–Kier alpha value is -0.300. The first-order chi connectivity index (χ1) is 10.4. The molecule has 0 aromatic rings. The summed E-state index contributed by atoms with van der Waals surface area (Å²) in [6, 6.07) is 0. The lowest BCUT2D eigenvalue weighted by Crippen LogP contribution is -1.94. The second-order valence-corrected chi connectivity index (χ2v) is 6.24. The first-order valence-corrected chi connectivity index (χ1v) is 9.60. The SMILES string of the molecule is C/C=C/COCCCCCCCCCCCCCCCC. The molecule has 0 atom stereocenters. The van der Waals surface area contributed by atoms with E-state index >= 15 is 0 Å². The molecular formula is C20H40O. The van der Waals surface area contributed by atoms with Crippen LogP contribution < -0.4 is 0 Å². The van der Waals surface area contributed by atoms with Gasteiger partial charge in [0.25, 0.3) is 0 Å². The van der Waals surface area contributed by atoms with Crippen LogP contribution in [-0.2, 0) is 4.74 Å². The number of unbranched alkanes of at least 4 members (excludes halogenated alkanes) is 13. The fourth-order valence-electron chi connectivity index (χ4n) is 2.65. The van der Waals surface area contributed by atoms with Gasteiger partial charge in [0.2, 0.25) is 0 Å². The van der Waals surface area contributed by atoms with E-state index in [1.807, 2.05) is 13.0 Å². The quantitative estimate of drug-likeness (QED) is 0.206. The van der Waals surface area contributed by atoms with Crippen LogP contribution in [0.4, 0.5) is 0 Å². The zero-order chi connectivity index (χ0) is 15.4. The Bertz CT molecular complexity index is 198. The minimum absolute atomic E-state index is 0.787. The van der Waals surface area contributed by atoms with Crippen molar-refractivity contribution in [2.24, 2.45) is 0 Å². The highest BCUT2D eigenvalue weighted by Crippen LogP contribution is 2.12. The number of rotatable bonds is 17. The predicted octanol–water partition coefficient (Wildman–Crippen LogP) is 7.06. The number of hydrogen-bond donors (Lipinski definition) is 0. The van der Waals surface area contributed by atoms with Crippen molar-refractivity contribution in [3.63, 3.8) is 0 Å². The highest BCUT2D eigenvalue weighted by molar-refractivity contribution is 4.75. The van der Waals surface area contributed by atoms with Crippen LogP contribution in [-0.4, -0.2) is 13.2 Å². The average molecular weight is 297 g/mol. The molecule has 1 nitrogen and oxygen atoms in total. The van der Waals surface area contributed by atoms with E-state index in [0.29, 0.717) is 0 Å². The van der Waals surface area contributed by atoms with Gasteiger partial charge in [0, 0.05) is 6.61 Å². The van der Waals surface area contributed by atoms with Crippen molar-refractivity contribution in [3.8, 4) is 0 Å². The Morgan fingerprint density at radius 3 is 1.48 bits per heavy atom. The summed E-state index contributed by atoms with van der Waals surface area (Å²) >= 11 is 0. The van der Waals surface area contributed by atoms with Crippen LogP contribution in [0.5, 0.6) is 0 Å². The van der Waals surface area contributed by atoms with E-state index in [1.165, 1.54) is 89.9 Å². The van der Waals surface area contributed by atoms with E-state index in [1.54, 1.807) is 0 Å². The normalized spacial score (nSPS) is 11.5. The zero-order valence-electron chi connectivity index (χ0n) is 14.9. The molecule has 0 unspecified atom stereocenters. The van der Waals surface area contributed by atoms with Crippen LogP contribution in [0.3, 0.4) is 0 Å². The Balaban J connectivity index is 2.93. The number of hydrogen-bond acceptors (Lipinski definition) is 1. The van der Waals surface area contributed by atoms with Gasteiger partial charge in [0.1, 0.15) is 0 Å². The van der Waals surface area contributed by atoms with Crippen molar-refractivity contribution in [3.05, 3.63) is 12.2 Å². The fraction of sp³-hybridized carbons (Fsp3) is 0.900. The fourth-order valence-corrected chi connectivity index (χ4v) is 2.65. The van der Waals surface area contributed by atoms with Gasteiger partial charge in [-0.05, 0) is 13.3 Å². The number of ether oxygens (including phenoxy) is 1. The van der Waals surface area contributed by atoms with Gasteiger partial charge < -0.3 is 4.74 Å². The molecule has 0 heterocycles. The minimum Gasteiger partial charge on any atom is -0.377 e. The first kappa shape index (κ1) is 20.7. The third-order valence-corrected chi connectivity index (χ3v) is 4.09. The molecule has 0 bridgehead atoms. The summed E-state index contributed by atoms with van der Waals surface area (Å²) in [6.07, 6.45) is 24.0. The van der Waals surface area contributed by atoms with E-state index in [9.17, 15) is 0 Å². The molecule has 0 aromatic carbocycles. The van der Waals surface area contributed by atoms with Crippen molar-refractivity contribution in [1.82, 2.24) is 0 Å². The summed E-state index contributed by atoms with van der Waals surface area (Å²) in [7, 11) is 0. The van der Waals surface area contributed by atoms with Crippen LogP contribution in [0.1, 0.15) is 104 Å². The van der Waals surface area contributed by atoms with Gasteiger partial charge >= 0.3 is 0 Å². The maximum atomic E-state index is 5.49. The van der Waals surface area contributed by atoms with Gasteiger partial charge in [0.15, 0.2) is 0 Å². The molecule has 1 heteroatoms. The van der Waals surface area contributed by atoms with Gasteiger partial charge in [-0.15, -0.1) is 0 Å². The molecule has 0 amide bonds. The summed E-state index contributed by atoms with van der Waals surface area (Å²) < 4.78 is 5.49. The van der Waals surface area contributed by atoms with E-state index in [2.05, 4.69) is 13.0 Å². The third kappa shape index (κ3) is 19.7. The monoisotopic (exact) mass is 296 g/mol. The minimum atomic E-state index is 0.787. The lowest BCUT2D eigenvalue weighted by molar-refractivity contribution is 0.157. The Kier molecular flexibility index (Phi) is 19.4. The Morgan fingerprint density at radius 1 is 0.619 bits per heavy atom. The van der Waals surface area contributed by atoms with Gasteiger partial charge in [-0.25, -0.2) is 0 Å². The smallest absolute Gasteiger partial charge is 0.0647 e. The molecule has 21 heavy (non-hydrogen) atoms. The summed E-state index contributed by atoms with van der Waals surface area (Å²) in [5.74, 6) is 0.